The van der Waals surface area contributed by atoms with Gasteiger partial charge in [-0.15, -0.1) is 11.3 Å². The van der Waals surface area contributed by atoms with Crippen LogP contribution in [0.1, 0.15) is 16.0 Å². The van der Waals surface area contributed by atoms with Crippen LogP contribution in [0.5, 0.6) is 0 Å². The van der Waals surface area contributed by atoms with E-state index in [2.05, 4.69) is 31.0 Å². The fourth-order valence-corrected chi connectivity index (χ4v) is 2.45. The molecule has 0 amide bonds. The van der Waals surface area contributed by atoms with Crippen LogP contribution in [-0.4, -0.2) is 16.1 Å². The average Bonchev–Trinajstić information content (AvgIpc) is 2.69. The molecule has 1 N–H and O–H groups in total. The van der Waals surface area contributed by atoms with Crippen molar-refractivity contribution in [1.82, 2.24) is 4.98 Å². The lowest BCUT2D eigenvalue weighted by molar-refractivity contribution is -0.136. The van der Waals surface area contributed by atoms with Crippen LogP contribution in [-0.2, 0) is 11.2 Å². The number of carbonyl (C=O) groups is 1. The zero-order valence-corrected chi connectivity index (χ0v) is 10.5. The minimum absolute atomic E-state index is 0.0442. The van der Waals surface area contributed by atoms with Crippen LogP contribution in [0, 0.1) is 13.8 Å². The van der Waals surface area contributed by atoms with Crippen LogP contribution in [0.2, 0.25) is 0 Å². The summed E-state index contributed by atoms with van der Waals surface area (Å²) in [6.45, 7) is 4.13. The smallest absolute Gasteiger partial charge is 0.308 e. The number of thiazole rings is 1. The number of benzene rings is 1. The highest BCUT2D eigenvalue weighted by atomic mass is 32.1. The molecule has 17 heavy (non-hydrogen) atoms. The van der Waals surface area contributed by atoms with Gasteiger partial charge in [-0.2, -0.15) is 0 Å². The molecule has 2 aromatic rings. The predicted octanol–water partition coefficient (Wildman–Crippen LogP) is 3.05. The zero-order chi connectivity index (χ0) is 12.4. The fraction of sp³-hybridized carbons (Fsp3) is 0.231. The lowest BCUT2D eigenvalue weighted by atomic mass is 10.1. The summed E-state index contributed by atoms with van der Waals surface area (Å²) < 4.78 is 0. The van der Waals surface area contributed by atoms with Crippen molar-refractivity contribution in [1.29, 1.82) is 0 Å². The third-order valence-corrected chi connectivity index (χ3v) is 3.68. The van der Waals surface area contributed by atoms with Crippen molar-refractivity contribution in [2.45, 2.75) is 20.3 Å². The third kappa shape index (κ3) is 2.71. The predicted molar refractivity (Wildman–Crippen MR) is 68.4 cm³/mol. The summed E-state index contributed by atoms with van der Waals surface area (Å²) in [5.74, 6) is -0.819. The van der Waals surface area contributed by atoms with Gasteiger partial charge < -0.3 is 5.11 Å². The number of hydrogen-bond acceptors (Lipinski definition) is 3. The van der Waals surface area contributed by atoms with E-state index in [-0.39, 0.29) is 6.42 Å². The van der Waals surface area contributed by atoms with Crippen LogP contribution >= 0.6 is 11.3 Å². The molecule has 0 atom stereocenters. The van der Waals surface area contributed by atoms with Gasteiger partial charge in [0.2, 0.25) is 0 Å². The highest BCUT2D eigenvalue weighted by Gasteiger charge is 2.08. The fourth-order valence-electron chi connectivity index (χ4n) is 1.55. The van der Waals surface area contributed by atoms with Gasteiger partial charge in [0.1, 0.15) is 5.01 Å². The Balaban J connectivity index is 2.30. The van der Waals surface area contributed by atoms with Gasteiger partial charge in [0, 0.05) is 16.6 Å². The SMILES string of the molecule is Cc1ccc(-c2ncc(CC(=O)O)s2)cc1C. The normalized spacial score (nSPS) is 10.5. The van der Waals surface area contributed by atoms with E-state index in [0.717, 1.165) is 15.4 Å². The van der Waals surface area contributed by atoms with Crippen molar-refractivity contribution >= 4 is 17.3 Å². The van der Waals surface area contributed by atoms with Crippen molar-refractivity contribution in [2.24, 2.45) is 0 Å². The number of aryl methyl sites for hydroxylation is 2. The maximum atomic E-state index is 10.6. The molecule has 0 radical (unpaired) electrons. The minimum atomic E-state index is -0.819. The van der Waals surface area contributed by atoms with Gasteiger partial charge in [-0.1, -0.05) is 12.1 Å². The molecule has 0 unspecified atom stereocenters. The molecule has 0 bridgehead atoms. The van der Waals surface area contributed by atoms with Gasteiger partial charge in [-0.05, 0) is 31.0 Å². The van der Waals surface area contributed by atoms with E-state index >= 15 is 0 Å². The first-order valence-electron chi connectivity index (χ1n) is 5.30. The maximum Gasteiger partial charge on any atom is 0.308 e. The van der Waals surface area contributed by atoms with Crippen molar-refractivity contribution in [3.63, 3.8) is 0 Å². The summed E-state index contributed by atoms with van der Waals surface area (Å²) >= 11 is 1.44. The summed E-state index contributed by atoms with van der Waals surface area (Å²) in [6, 6.07) is 6.16. The molecule has 2 rings (SSSR count). The zero-order valence-electron chi connectivity index (χ0n) is 9.73. The van der Waals surface area contributed by atoms with Crippen LogP contribution in [0.4, 0.5) is 0 Å². The second-order valence-electron chi connectivity index (χ2n) is 4.00. The topological polar surface area (TPSA) is 50.2 Å². The molecule has 0 saturated carbocycles. The molecule has 88 valence electrons. The molecule has 3 nitrogen and oxygen atoms in total. The molecule has 0 aliphatic heterocycles. The van der Waals surface area contributed by atoms with E-state index in [1.807, 2.05) is 6.07 Å². The summed E-state index contributed by atoms with van der Waals surface area (Å²) in [5.41, 5.74) is 3.52. The summed E-state index contributed by atoms with van der Waals surface area (Å²) in [5, 5.41) is 9.59. The van der Waals surface area contributed by atoms with Gasteiger partial charge in [0.25, 0.3) is 0 Å². The molecule has 4 heteroatoms. The molecule has 0 saturated heterocycles. The van der Waals surface area contributed by atoms with Gasteiger partial charge in [-0.3, -0.25) is 4.79 Å². The number of nitrogens with zero attached hydrogens (tertiary/aromatic N) is 1. The molecule has 0 spiro atoms. The number of aromatic nitrogens is 1. The molecular weight excluding hydrogens is 234 g/mol. The molecule has 1 aromatic carbocycles. The lowest BCUT2D eigenvalue weighted by Gasteiger charge is -2.01. The van der Waals surface area contributed by atoms with E-state index in [1.54, 1.807) is 6.20 Å². The van der Waals surface area contributed by atoms with Crippen LogP contribution in [0.25, 0.3) is 10.6 Å². The first kappa shape index (κ1) is 11.8. The Hall–Kier alpha value is -1.68. The first-order chi connectivity index (χ1) is 8.06. The Morgan fingerprint density at radius 1 is 1.35 bits per heavy atom. The highest BCUT2D eigenvalue weighted by Crippen LogP contribution is 2.26. The van der Waals surface area contributed by atoms with Gasteiger partial charge in [0.15, 0.2) is 0 Å². The monoisotopic (exact) mass is 247 g/mol. The van der Waals surface area contributed by atoms with Crippen LogP contribution in [0.15, 0.2) is 24.4 Å². The number of carboxylic acids is 1. The molecule has 1 aromatic heterocycles. The Morgan fingerprint density at radius 3 is 2.76 bits per heavy atom. The van der Waals surface area contributed by atoms with E-state index in [4.69, 9.17) is 5.11 Å². The Morgan fingerprint density at radius 2 is 2.12 bits per heavy atom. The summed E-state index contributed by atoms with van der Waals surface area (Å²) in [4.78, 5) is 15.6. The number of carboxylic acid groups (broad SMARTS) is 1. The molecule has 0 fully saturated rings. The largest absolute Gasteiger partial charge is 0.481 e. The summed E-state index contributed by atoms with van der Waals surface area (Å²) in [7, 11) is 0. The van der Waals surface area contributed by atoms with Crippen molar-refractivity contribution < 1.29 is 9.90 Å². The average molecular weight is 247 g/mol. The second kappa shape index (κ2) is 4.67. The Kier molecular flexibility index (Phi) is 3.24. The van der Waals surface area contributed by atoms with Crippen LogP contribution in [0.3, 0.4) is 0 Å². The standard InChI is InChI=1S/C13H13NO2S/c1-8-3-4-10(5-9(8)2)13-14-7-11(17-13)6-12(15)16/h3-5,7H,6H2,1-2H3,(H,15,16). The number of rotatable bonds is 3. The van der Waals surface area contributed by atoms with E-state index in [9.17, 15) is 4.79 Å². The van der Waals surface area contributed by atoms with Crippen LogP contribution < -0.4 is 0 Å². The first-order valence-corrected chi connectivity index (χ1v) is 6.12. The molecule has 0 aliphatic rings. The van der Waals surface area contributed by atoms with E-state index in [1.165, 1.54) is 22.5 Å². The number of hydrogen-bond donors (Lipinski definition) is 1. The second-order valence-corrected chi connectivity index (χ2v) is 5.12. The minimum Gasteiger partial charge on any atom is -0.481 e. The van der Waals surface area contributed by atoms with E-state index < -0.39 is 5.97 Å². The van der Waals surface area contributed by atoms with Gasteiger partial charge >= 0.3 is 5.97 Å². The van der Waals surface area contributed by atoms with Gasteiger partial charge in [0.05, 0.1) is 6.42 Å². The maximum absolute atomic E-state index is 10.6. The lowest BCUT2D eigenvalue weighted by Crippen LogP contribution is -1.97. The Labute approximate surface area is 104 Å². The third-order valence-electron chi connectivity index (χ3n) is 2.63. The highest BCUT2D eigenvalue weighted by molar-refractivity contribution is 7.15. The Bertz CT molecular complexity index is 560. The summed E-state index contributed by atoms with van der Waals surface area (Å²) in [6.07, 6.45) is 1.69. The molecule has 1 heterocycles. The molecular formula is C13H13NO2S. The van der Waals surface area contributed by atoms with Gasteiger partial charge in [-0.25, -0.2) is 4.98 Å². The van der Waals surface area contributed by atoms with Crippen molar-refractivity contribution in [3.05, 3.63) is 40.4 Å². The van der Waals surface area contributed by atoms with Crippen molar-refractivity contribution in [3.8, 4) is 10.6 Å². The molecule has 0 aliphatic carbocycles. The van der Waals surface area contributed by atoms with E-state index in [0.29, 0.717) is 0 Å². The quantitative estimate of drug-likeness (QED) is 0.906. The number of aliphatic carboxylic acids is 1. The van der Waals surface area contributed by atoms with Crippen molar-refractivity contribution in [2.75, 3.05) is 0 Å².